The van der Waals surface area contributed by atoms with Crippen molar-refractivity contribution in [3.05, 3.63) is 75.8 Å². The van der Waals surface area contributed by atoms with Crippen LogP contribution in [0.2, 0.25) is 0 Å². The number of nitro groups is 1. The Hall–Kier alpha value is -4.34. The fourth-order valence-corrected chi connectivity index (χ4v) is 4.45. The van der Waals surface area contributed by atoms with Gasteiger partial charge in [-0.2, -0.15) is 0 Å². The molecule has 2 aromatic carbocycles. The second-order valence-corrected chi connectivity index (χ2v) is 8.20. The van der Waals surface area contributed by atoms with Gasteiger partial charge in [0.2, 0.25) is 5.91 Å². The van der Waals surface area contributed by atoms with Crippen molar-refractivity contribution in [2.75, 3.05) is 37.6 Å². The molecule has 0 unspecified atom stereocenters. The molecular formula is C24H21N5O5. The first-order valence-corrected chi connectivity index (χ1v) is 11.0. The van der Waals surface area contributed by atoms with E-state index in [1.807, 2.05) is 36.4 Å². The maximum atomic E-state index is 12.8. The average molecular weight is 459 g/mol. The highest BCUT2D eigenvalue weighted by Crippen LogP contribution is 2.30. The highest BCUT2D eigenvalue weighted by Gasteiger charge is 2.41. The summed E-state index contributed by atoms with van der Waals surface area (Å²) in [6, 6.07) is 15.9. The number of carbonyl (C=O) groups excluding carboxylic acids is 3. The van der Waals surface area contributed by atoms with Gasteiger partial charge in [0.15, 0.2) is 0 Å². The number of carbonyl (C=O) groups is 3. The molecule has 3 amide bonds. The van der Waals surface area contributed by atoms with Gasteiger partial charge in [-0.15, -0.1) is 0 Å². The number of amides is 3. The number of nitrogens with zero attached hydrogens (tertiary/aromatic N) is 5. The molecule has 2 aliphatic rings. The lowest BCUT2D eigenvalue weighted by Crippen LogP contribution is -2.49. The predicted molar refractivity (Wildman–Crippen MR) is 124 cm³/mol. The van der Waals surface area contributed by atoms with Crippen LogP contribution >= 0.6 is 0 Å². The molecule has 1 aromatic heterocycles. The third kappa shape index (κ3) is 3.72. The molecule has 0 atom stereocenters. The van der Waals surface area contributed by atoms with Crippen LogP contribution in [0.15, 0.2) is 54.6 Å². The Balaban J connectivity index is 1.19. The molecular weight excluding hydrogens is 438 g/mol. The Morgan fingerprint density at radius 3 is 2.47 bits per heavy atom. The minimum absolute atomic E-state index is 0.00292. The lowest BCUT2D eigenvalue weighted by molar-refractivity contribution is -0.385. The summed E-state index contributed by atoms with van der Waals surface area (Å²) in [5, 5.41) is 12.3. The number of anilines is 1. The second kappa shape index (κ2) is 8.54. The van der Waals surface area contributed by atoms with E-state index in [1.165, 1.54) is 18.2 Å². The van der Waals surface area contributed by atoms with Gasteiger partial charge in [0, 0.05) is 50.6 Å². The summed E-state index contributed by atoms with van der Waals surface area (Å²) in [5.74, 6) is -0.647. The third-order valence-electron chi connectivity index (χ3n) is 6.26. The SMILES string of the molecule is O=C(CCN1C(=O)c2cccc([N+](=O)[O-])c2C1=O)N1CCN(c2ccc3ccccc3n2)CC1. The topological polar surface area (TPSA) is 117 Å². The van der Waals surface area contributed by atoms with Gasteiger partial charge in [-0.3, -0.25) is 29.4 Å². The van der Waals surface area contributed by atoms with E-state index in [2.05, 4.69) is 4.90 Å². The molecule has 5 rings (SSSR count). The summed E-state index contributed by atoms with van der Waals surface area (Å²) in [7, 11) is 0. The lowest BCUT2D eigenvalue weighted by atomic mass is 10.1. The number of nitro benzene ring substituents is 1. The Morgan fingerprint density at radius 2 is 1.71 bits per heavy atom. The zero-order valence-electron chi connectivity index (χ0n) is 18.2. The molecule has 0 spiro atoms. The van der Waals surface area contributed by atoms with Crippen LogP contribution in [0.1, 0.15) is 27.1 Å². The van der Waals surface area contributed by atoms with E-state index in [4.69, 9.17) is 4.98 Å². The quantitative estimate of drug-likeness (QED) is 0.327. The van der Waals surface area contributed by atoms with E-state index in [-0.39, 0.29) is 30.0 Å². The number of rotatable bonds is 5. The first-order valence-electron chi connectivity index (χ1n) is 11.0. The number of hydrogen-bond acceptors (Lipinski definition) is 7. The van der Waals surface area contributed by atoms with Crippen molar-refractivity contribution in [1.82, 2.24) is 14.8 Å². The van der Waals surface area contributed by atoms with Gasteiger partial charge in [0.25, 0.3) is 17.5 Å². The number of fused-ring (bicyclic) bond motifs is 2. The lowest BCUT2D eigenvalue weighted by Gasteiger charge is -2.35. The molecule has 0 N–H and O–H groups in total. The van der Waals surface area contributed by atoms with Crippen molar-refractivity contribution in [2.24, 2.45) is 0 Å². The van der Waals surface area contributed by atoms with E-state index < -0.39 is 22.4 Å². The molecule has 0 saturated carbocycles. The molecule has 3 aromatic rings. The smallest absolute Gasteiger partial charge is 0.282 e. The van der Waals surface area contributed by atoms with Crippen molar-refractivity contribution in [1.29, 1.82) is 0 Å². The van der Waals surface area contributed by atoms with Crippen LogP contribution in [0.5, 0.6) is 0 Å². The molecule has 172 valence electrons. The van der Waals surface area contributed by atoms with Gasteiger partial charge >= 0.3 is 0 Å². The Kier molecular flexibility index (Phi) is 5.40. The number of piperazine rings is 1. The van der Waals surface area contributed by atoms with Crippen molar-refractivity contribution in [3.8, 4) is 0 Å². The average Bonchev–Trinajstić information content (AvgIpc) is 3.11. The number of pyridine rings is 1. The van der Waals surface area contributed by atoms with E-state index in [0.717, 1.165) is 21.6 Å². The fraction of sp³-hybridized carbons (Fsp3) is 0.250. The maximum absolute atomic E-state index is 12.8. The van der Waals surface area contributed by atoms with Crippen LogP contribution in [0.4, 0.5) is 11.5 Å². The molecule has 34 heavy (non-hydrogen) atoms. The van der Waals surface area contributed by atoms with Crippen LogP contribution in [-0.2, 0) is 4.79 Å². The number of imide groups is 1. The molecule has 0 radical (unpaired) electrons. The molecule has 3 heterocycles. The highest BCUT2D eigenvalue weighted by molar-refractivity contribution is 6.23. The van der Waals surface area contributed by atoms with E-state index in [1.54, 1.807) is 4.90 Å². The van der Waals surface area contributed by atoms with Gasteiger partial charge in [-0.05, 0) is 24.3 Å². The van der Waals surface area contributed by atoms with Gasteiger partial charge in [-0.1, -0.05) is 24.3 Å². The highest BCUT2D eigenvalue weighted by atomic mass is 16.6. The summed E-state index contributed by atoms with van der Waals surface area (Å²) in [5.41, 5.74) is 0.312. The zero-order chi connectivity index (χ0) is 23.8. The minimum Gasteiger partial charge on any atom is -0.353 e. The second-order valence-electron chi connectivity index (χ2n) is 8.20. The molecule has 10 nitrogen and oxygen atoms in total. The first kappa shape index (κ1) is 21.5. The molecule has 0 aliphatic carbocycles. The van der Waals surface area contributed by atoms with E-state index in [0.29, 0.717) is 26.2 Å². The Labute approximate surface area is 194 Å². The number of benzene rings is 2. The van der Waals surface area contributed by atoms with Gasteiger partial charge in [0.1, 0.15) is 11.4 Å². The normalized spacial score (nSPS) is 15.7. The maximum Gasteiger partial charge on any atom is 0.282 e. The van der Waals surface area contributed by atoms with E-state index >= 15 is 0 Å². The molecule has 0 bridgehead atoms. The van der Waals surface area contributed by atoms with Crippen molar-refractivity contribution in [3.63, 3.8) is 0 Å². The van der Waals surface area contributed by atoms with Crippen LogP contribution in [0.25, 0.3) is 10.9 Å². The summed E-state index contributed by atoms with van der Waals surface area (Å²) in [4.78, 5) is 58.1. The van der Waals surface area contributed by atoms with Gasteiger partial charge < -0.3 is 9.80 Å². The summed E-state index contributed by atoms with van der Waals surface area (Å²) in [6.07, 6.45) is -0.0342. The van der Waals surface area contributed by atoms with Crippen LogP contribution in [0, 0.1) is 10.1 Å². The summed E-state index contributed by atoms with van der Waals surface area (Å²) >= 11 is 0. The predicted octanol–water partition coefficient (Wildman–Crippen LogP) is 2.48. The monoisotopic (exact) mass is 459 g/mol. The summed E-state index contributed by atoms with van der Waals surface area (Å²) < 4.78 is 0. The van der Waals surface area contributed by atoms with Crippen LogP contribution in [0.3, 0.4) is 0 Å². The van der Waals surface area contributed by atoms with E-state index in [9.17, 15) is 24.5 Å². The van der Waals surface area contributed by atoms with Crippen LogP contribution in [-0.4, -0.2) is 70.2 Å². The van der Waals surface area contributed by atoms with Crippen LogP contribution < -0.4 is 4.90 Å². The largest absolute Gasteiger partial charge is 0.353 e. The Morgan fingerprint density at radius 1 is 0.941 bits per heavy atom. The zero-order valence-corrected chi connectivity index (χ0v) is 18.2. The summed E-state index contributed by atoms with van der Waals surface area (Å²) in [6.45, 7) is 2.13. The van der Waals surface area contributed by atoms with Crippen molar-refractivity contribution in [2.45, 2.75) is 6.42 Å². The van der Waals surface area contributed by atoms with Gasteiger partial charge in [-0.25, -0.2) is 4.98 Å². The number of para-hydroxylation sites is 1. The molecule has 10 heteroatoms. The van der Waals surface area contributed by atoms with Crippen molar-refractivity contribution >= 4 is 40.1 Å². The molecule has 2 aliphatic heterocycles. The minimum atomic E-state index is -0.729. The third-order valence-corrected chi connectivity index (χ3v) is 6.26. The number of aromatic nitrogens is 1. The number of hydrogen-bond donors (Lipinski definition) is 0. The Bertz CT molecular complexity index is 1330. The molecule has 1 saturated heterocycles. The molecule has 1 fully saturated rings. The van der Waals surface area contributed by atoms with Crippen molar-refractivity contribution < 1.29 is 19.3 Å². The fourth-order valence-electron chi connectivity index (χ4n) is 4.45. The van der Waals surface area contributed by atoms with Gasteiger partial charge in [0.05, 0.1) is 16.0 Å². The standard InChI is InChI=1S/C24H21N5O5/c30-21(10-11-28-23(31)17-5-3-7-19(29(33)34)22(17)24(28)32)27-14-12-26(13-15-27)20-9-8-16-4-1-2-6-18(16)25-20/h1-9H,10-15H2. The first-order chi connectivity index (χ1) is 16.4.